The number of nitrogens with zero attached hydrogens (tertiary/aromatic N) is 1. The van der Waals surface area contributed by atoms with Gasteiger partial charge in [0, 0.05) is 11.7 Å². The highest BCUT2D eigenvalue weighted by molar-refractivity contribution is 5.82. The highest BCUT2D eigenvalue weighted by Gasteiger charge is 2.30. The lowest BCUT2D eigenvalue weighted by Crippen LogP contribution is -2.36. The zero-order chi connectivity index (χ0) is 15.5. The Kier molecular flexibility index (Phi) is 4.88. The van der Waals surface area contributed by atoms with Crippen molar-refractivity contribution >= 4 is 11.7 Å². The van der Waals surface area contributed by atoms with Gasteiger partial charge in [-0.25, -0.2) is 0 Å². The summed E-state index contributed by atoms with van der Waals surface area (Å²) in [7, 11) is 3.60. The van der Waals surface area contributed by atoms with Crippen molar-refractivity contribution in [2.75, 3.05) is 32.6 Å². The molecular weight excluding hydrogens is 264 g/mol. The number of benzene rings is 1. The van der Waals surface area contributed by atoms with Gasteiger partial charge in [0.2, 0.25) is 0 Å². The second kappa shape index (κ2) is 6.48. The summed E-state index contributed by atoms with van der Waals surface area (Å²) >= 11 is 0. The molecule has 21 heavy (non-hydrogen) atoms. The van der Waals surface area contributed by atoms with Crippen LogP contribution in [0.15, 0.2) is 24.3 Å². The van der Waals surface area contributed by atoms with E-state index in [1.165, 1.54) is 20.0 Å². The van der Waals surface area contributed by atoms with Gasteiger partial charge < -0.3 is 15.0 Å². The van der Waals surface area contributed by atoms with E-state index >= 15 is 0 Å². The number of ether oxygens (including phenoxy) is 1. The predicted molar refractivity (Wildman–Crippen MR) is 85.6 cm³/mol. The van der Waals surface area contributed by atoms with Crippen molar-refractivity contribution in [3.8, 4) is 0 Å². The third-order valence-corrected chi connectivity index (χ3v) is 4.39. The molecule has 1 aliphatic heterocycles. The molecule has 1 N–H and O–H groups in total. The number of hydrogen-bond donors (Lipinski definition) is 1. The minimum absolute atomic E-state index is 0.210. The van der Waals surface area contributed by atoms with Crippen molar-refractivity contribution in [3.63, 3.8) is 0 Å². The fourth-order valence-corrected chi connectivity index (χ4v) is 2.74. The molecule has 4 nitrogen and oxygen atoms in total. The molecule has 1 aromatic rings. The van der Waals surface area contributed by atoms with Crippen molar-refractivity contribution in [3.05, 3.63) is 29.8 Å². The molecule has 0 unspecified atom stereocenters. The monoisotopic (exact) mass is 290 g/mol. The molecule has 0 aromatic heterocycles. The summed E-state index contributed by atoms with van der Waals surface area (Å²) in [5.41, 5.74) is 1.48. The van der Waals surface area contributed by atoms with Crippen molar-refractivity contribution in [2.45, 2.75) is 38.1 Å². The Morgan fingerprint density at radius 2 is 1.81 bits per heavy atom. The Morgan fingerprint density at radius 3 is 2.33 bits per heavy atom. The number of esters is 1. The smallest absolute Gasteiger partial charge is 0.315 e. The van der Waals surface area contributed by atoms with Crippen LogP contribution in [-0.4, -0.2) is 44.2 Å². The second-order valence-corrected chi connectivity index (χ2v) is 6.42. The zero-order valence-electron chi connectivity index (χ0n) is 13.5. The van der Waals surface area contributed by atoms with Crippen LogP contribution in [0, 0.1) is 0 Å². The average Bonchev–Trinajstić information content (AvgIpc) is 2.49. The fourth-order valence-electron chi connectivity index (χ4n) is 2.74. The molecule has 4 heteroatoms. The van der Waals surface area contributed by atoms with Gasteiger partial charge in [-0.1, -0.05) is 12.1 Å². The zero-order valence-corrected chi connectivity index (χ0v) is 13.5. The van der Waals surface area contributed by atoms with Gasteiger partial charge in [-0.3, -0.25) is 4.79 Å². The molecule has 2 rings (SSSR count). The number of carbonyl (C=O) groups is 1. The molecule has 0 amide bonds. The molecule has 0 atom stereocenters. The van der Waals surface area contributed by atoms with Crippen LogP contribution in [0.2, 0.25) is 0 Å². The highest BCUT2D eigenvalue weighted by Crippen LogP contribution is 2.26. The van der Waals surface area contributed by atoms with Gasteiger partial charge >= 0.3 is 5.97 Å². The van der Waals surface area contributed by atoms with E-state index < -0.39 is 5.41 Å². The van der Waals surface area contributed by atoms with E-state index in [0.29, 0.717) is 6.04 Å². The molecular formula is C17H26N2O2. The van der Waals surface area contributed by atoms with Gasteiger partial charge in [-0.05, 0) is 64.5 Å². The summed E-state index contributed by atoms with van der Waals surface area (Å²) in [6.45, 7) is 6.06. The van der Waals surface area contributed by atoms with E-state index in [1.807, 2.05) is 26.0 Å². The normalized spacial score (nSPS) is 17.5. The standard InChI is InChI=1S/C17H26N2O2/c1-17(2,16(20)21-4)13-5-7-14(8-6-13)18-15-9-11-19(3)12-10-15/h5-8,15,18H,9-12H2,1-4H3. The molecule has 0 saturated carbocycles. The minimum Gasteiger partial charge on any atom is -0.468 e. The first kappa shape index (κ1) is 15.8. The maximum Gasteiger partial charge on any atom is 0.315 e. The molecule has 1 aliphatic rings. The molecule has 1 heterocycles. The first-order chi connectivity index (χ1) is 9.93. The van der Waals surface area contributed by atoms with Gasteiger partial charge in [0.25, 0.3) is 0 Å². The first-order valence-corrected chi connectivity index (χ1v) is 7.57. The van der Waals surface area contributed by atoms with E-state index in [0.717, 1.165) is 24.3 Å². The van der Waals surface area contributed by atoms with Crippen molar-refractivity contribution in [1.82, 2.24) is 4.90 Å². The average molecular weight is 290 g/mol. The van der Waals surface area contributed by atoms with Crippen molar-refractivity contribution in [1.29, 1.82) is 0 Å². The quantitative estimate of drug-likeness (QED) is 0.866. The second-order valence-electron chi connectivity index (χ2n) is 6.42. The van der Waals surface area contributed by atoms with Gasteiger partial charge in [-0.2, -0.15) is 0 Å². The minimum atomic E-state index is -0.610. The third-order valence-electron chi connectivity index (χ3n) is 4.39. The summed E-state index contributed by atoms with van der Waals surface area (Å²) in [5.74, 6) is -0.210. The van der Waals surface area contributed by atoms with E-state index in [2.05, 4.69) is 29.4 Å². The lowest BCUT2D eigenvalue weighted by molar-refractivity contribution is -0.146. The molecule has 0 radical (unpaired) electrons. The van der Waals surface area contributed by atoms with E-state index in [-0.39, 0.29) is 5.97 Å². The van der Waals surface area contributed by atoms with Gasteiger partial charge in [-0.15, -0.1) is 0 Å². The van der Waals surface area contributed by atoms with Crippen LogP contribution in [0.4, 0.5) is 5.69 Å². The predicted octanol–water partition coefficient (Wildman–Crippen LogP) is 2.64. The summed E-state index contributed by atoms with van der Waals surface area (Å²) in [6, 6.07) is 8.67. The topological polar surface area (TPSA) is 41.6 Å². The molecule has 116 valence electrons. The van der Waals surface area contributed by atoms with Crippen LogP contribution in [-0.2, 0) is 14.9 Å². The van der Waals surface area contributed by atoms with Gasteiger partial charge in [0.1, 0.15) is 0 Å². The van der Waals surface area contributed by atoms with E-state index in [1.54, 1.807) is 0 Å². The number of rotatable bonds is 4. The fraction of sp³-hybridized carbons (Fsp3) is 0.588. The highest BCUT2D eigenvalue weighted by atomic mass is 16.5. The van der Waals surface area contributed by atoms with Crippen LogP contribution < -0.4 is 5.32 Å². The van der Waals surface area contributed by atoms with E-state index in [9.17, 15) is 4.79 Å². The Balaban J connectivity index is 2.00. The Morgan fingerprint density at radius 1 is 1.24 bits per heavy atom. The molecule has 1 fully saturated rings. The maximum atomic E-state index is 11.8. The lowest BCUT2D eigenvalue weighted by Gasteiger charge is -2.30. The largest absolute Gasteiger partial charge is 0.468 e. The van der Waals surface area contributed by atoms with Crippen LogP contribution in [0.5, 0.6) is 0 Å². The molecule has 0 spiro atoms. The number of methoxy groups -OCH3 is 1. The number of likely N-dealkylation sites (tertiary alicyclic amines) is 1. The maximum absolute atomic E-state index is 11.8. The number of nitrogens with one attached hydrogen (secondary N) is 1. The van der Waals surface area contributed by atoms with Crippen molar-refractivity contribution < 1.29 is 9.53 Å². The number of anilines is 1. The Labute approximate surface area is 127 Å². The van der Waals surface area contributed by atoms with E-state index in [4.69, 9.17) is 4.74 Å². The van der Waals surface area contributed by atoms with Crippen LogP contribution in [0.25, 0.3) is 0 Å². The molecule has 0 aliphatic carbocycles. The number of piperidine rings is 1. The number of carbonyl (C=O) groups excluding carboxylic acids is 1. The molecule has 1 saturated heterocycles. The van der Waals surface area contributed by atoms with Crippen LogP contribution in [0.1, 0.15) is 32.3 Å². The first-order valence-electron chi connectivity index (χ1n) is 7.57. The molecule has 1 aromatic carbocycles. The van der Waals surface area contributed by atoms with Crippen LogP contribution in [0.3, 0.4) is 0 Å². The van der Waals surface area contributed by atoms with Gasteiger partial charge in [0.05, 0.1) is 12.5 Å². The number of hydrogen-bond acceptors (Lipinski definition) is 4. The SMILES string of the molecule is COC(=O)C(C)(C)c1ccc(NC2CCN(C)CC2)cc1. The van der Waals surface area contributed by atoms with Gasteiger partial charge in [0.15, 0.2) is 0 Å². The molecule has 0 bridgehead atoms. The Hall–Kier alpha value is -1.55. The van der Waals surface area contributed by atoms with Crippen LogP contribution >= 0.6 is 0 Å². The summed E-state index contributed by atoms with van der Waals surface area (Å²) in [5, 5.41) is 3.58. The third kappa shape index (κ3) is 3.76. The van der Waals surface area contributed by atoms with Crippen molar-refractivity contribution in [2.24, 2.45) is 0 Å². The summed E-state index contributed by atoms with van der Waals surface area (Å²) < 4.78 is 4.87. The Bertz CT molecular complexity index is 474. The summed E-state index contributed by atoms with van der Waals surface area (Å²) in [6.07, 6.45) is 2.35. The lowest BCUT2D eigenvalue weighted by atomic mass is 9.84. The summed E-state index contributed by atoms with van der Waals surface area (Å²) in [4.78, 5) is 14.2.